The van der Waals surface area contributed by atoms with Gasteiger partial charge in [0.15, 0.2) is 5.65 Å². The van der Waals surface area contributed by atoms with Crippen LogP contribution < -0.4 is 10.1 Å². The van der Waals surface area contributed by atoms with Crippen molar-refractivity contribution >= 4 is 32.7 Å². The Balaban J connectivity index is 1.71. The molecule has 3 aromatic rings. The number of hydrogen-bond donors (Lipinski definition) is 1. The van der Waals surface area contributed by atoms with Crippen molar-refractivity contribution < 1.29 is 22.7 Å². The second kappa shape index (κ2) is 8.49. The molecule has 0 spiro atoms. The number of morpholine rings is 1. The van der Waals surface area contributed by atoms with Crippen LogP contribution in [0.5, 0.6) is 5.75 Å². The third kappa shape index (κ3) is 3.94. The predicted octanol–water partition coefficient (Wildman–Crippen LogP) is 1.87. The number of carbonyl (C=O) groups excluding carboxylic acids is 1. The first-order valence-corrected chi connectivity index (χ1v) is 11.5. The van der Waals surface area contributed by atoms with Crippen molar-refractivity contribution in [2.45, 2.75) is 18.7 Å². The van der Waals surface area contributed by atoms with Crippen LogP contribution in [0.25, 0.3) is 11.0 Å². The summed E-state index contributed by atoms with van der Waals surface area (Å²) in [5.41, 5.74) is 2.73. The van der Waals surface area contributed by atoms with E-state index in [-0.39, 0.29) is 29.6 Å². The fraction of sp³-hybridized carbons (Fsp3) is 0.381. The van der Waals surface area contributed by atoms with Gasteiger partial charge in [0, 0.05) is 31.5 Å². The average molecular weight is 460 g/mol. The van der Waals surface area contributed by atoms with Gasteiger partial charge >= 0.3 is 0 Å². The van der Waals surface area contributed by atoms with E-state index >= 15 is 0 Å². The lowest BCUT2D eigenvalue weighted by atomic mass is 10.1. The number of aromatic nitrogens is 3. The molecular formula is C21H25N5O5S. The van der Waals surface area contributed by atoms with Crippen molar-refractivity contribution in [3.05, 3.63) is 41.2 Å². The third-order valence-corrected chi connectivity index (χ3v) is 7.27. The summed E-state index contributed by atoms with van der Waals surface area (Å²) in [6.07, 6.45) is 0. The normalized spacial score (nSPS) is 15.1. The van der Waals surface area contributed by atoms with E-state index in [1.165, 1.54) is 23.5 Å². The summed E-state index contributed by atoms with van der Waals surface area (Å²) in [5, 5.41) is 7.84. The number of nitrogens with one attached hydrogen (secondary N) is 1. The number of sulfonamides is 1. The number of nitrogens with zero attached hydrogens (tertiary/aromatic N) is 4. The van der Waals surface area contributed by atoms with E-state index < -0.39 is 10.0 Å². The van der Waals surface area contributed by atoms with Gasteiger partial charge in [-0.1, -0.05) is 0 Å². The van der Waals surface area contributed by atoms with E-state index in [2.05, 4.69) is 15.4 Å². The molecule has 32 heavy (non-hydrogen) atoms. The maximum Gasteiger partial charge on any atom is 0.256 e. The Morgan fingerprint density at radius 1 is 1.19 bits per heavy atom. The molecule has 170 valence electrons. The SMILES string of the molecule is COc1ccc(NC(=O)c2cc(C)nc3c2c(C)nn3C)cc1S(=O)(=O)N1CCOCC1. The van der Waals surface area contributed by atoms with E-state index in [9.17, 15) is 13.2 Å². The van der Waals surface area contributed by atoms with E-state index in [0.29, 0.717) is 46.9 Å². The Kier molecular flexibility index (Phi) is 5.89. The second-order valence-electron chi connectivity index (χ2n) is 7.56. The molecule has 0 aliphatic carbocycles. The van der Waals surface area contributed by atoms with Crippen LogP contribution in [-0.4, -0.2) is 66.8 Å². The summed E-state index contributed by atoms with van der Waals surface area (Å²) in [4.78, 5) is 17.6. The maximum atomic E-state index is 13.2. The van der Waals surface area contributed by atoms with Crippen molar-refractivity contribution in [1.82, 2.24) is 19.1 Å². The van der Waals surface area contributed by atoms with Crippen LogP contribution in [0.4, 0.5) is 5.69 Å². The number of carbonyl (C=O) groups is 1. The number of fused-ring (bicyclic) bond motifs is 1. The fourth-order valence-electron chi connectivity index (χ4n) is 3.83. The van der Waals surface area contributed by atoms with Crippen LogP contribution in [0.15, 0.2) is 29.2 Å². The van der Waals surface area contributed by atoms with Crippen molar-refractivity contribution in [2.75, 3.05) is 38.7 Å². The zero-order valence-corrected chi connectivity index (χ0v) is 19.2. The van der Waals surface area contributed by atoms with Gasteiger partial charge in [-0.05, 0) is 38.1 Å². The zero-order chi connectivity index (χ0) is 23.0. The lowest BCUT2D eigenvalue weighted by Crippen LogP contribution is -2.40. The third-order valence-electron chi connectivity index (χ3n) is 5.35. The van der Waals surface area contributed by atoms with E-state index in [0.717, 1.165) is 0 Å². The highest BCUT2D eigenvalue weighted by Gasteiger charge is 2.30. The zero-order valence-electron chi connectivity index (χ0n) is 18.4. The minimum absolute atomic E-state index is 0.00619. The van der Waals surface area contributed by atoms with Crippen molar-refractivity contribution in [2.24, 2.45) is 7.05 Å². The first kappa shape index (κ1) is 22.2. The second-order valence-corrected chi connectivity index (χ2v) is 9.46. The number of methoxy groups -OCH3 is 1. The number of benzene rings is 1. The number of hydrogen-bond acceptors (Lipinski definition) is 7. The topological polar surface area (TPSA) is 116 Å². The van der Waals surface area contributed by atoms with E-state index in [1.807, 2.05) is 6.92 Å². The fourth-order valence-corrected chi connectivity index (χ4v) is 5.42. The number of aryl methyl sites for hydroxylation is 3. The van der Waals surface area contributed by atoms with Gasteiger partial charge in [-0.3, -0.25) is 9.48 Å². The highest BCUT2D eigenvalue weighted by atomic mass is 32.2. The number of amides is 1. The summed E-state index contributed by atoms with van der Waals surface area (Å²) in [7, 11) is -0.635. The van der Waals surface area contributed by atoms with Crippen LogP contribution in [0.1, 0.15) is 21.7 Å². The quantitative estimate of drug-likeness (QED) is 0.619. The molecule has 1 aliphatic heterocycles. The summed E-state index contributed by atoms with van der Waals surface area (Å²) in [6, 6.07) is 6.26. The number of anilines is 1. The lowest BCUT2D eigenvalue weighted by molar-refractivity contribution is 0.0729. The van der Waals surface area contributed by atoms with Gasteiger partial charge in [0.2, 0.25) is 10.0 Å². The highest BCUT2D eigenvalue weighted by molar-refractivity contribution is 7.89. The predicted molar refractivity (Wildman–Crippen MR) is 119 cm³/mol. The first-order valence-electron chi connectivity index (χ1n) is 10.1. The smallest absolute Gasteiger partial charge is 0.256 e. The maximum absolute atomic E-state index is 13.2. The molecule has 0 radical (unpaired) electrons. The van der Waals surface area contributed by atoms with Gasteiger partial charge in [0.05, 0.1) is 37.0 Å². The van der Waals surface area contributed by atoms with Crippen molar-refractivity contribution in [1.29, 1.82) is 0 Å². The van der Waals surface area contributed by atoms with Crippen LogP contribution in [-0.2, 0) is 21.8 Å². The molecule has 3 heterocycles. The molecule has 4 rings (SSSR count). The van der Waals surface area contributed by atoms with Gasteiger partial charge in [0.25, 0.3) is 5.91 Å². The first-order chi connectivity index (χ1) is 15.2. The Morgan fingerprint density at radius 2 is 1.91 bits per heavy atom. The molecule has 0 bridgehead atoms. The van der Waals surface area contributed by atoms with Gasteiger partial charge in [-0.25, -0.2) is 13.4 Å². The van der Waals surface area contributed by atoms with Crippen molar-refractivity contribution in [3.63, 3.8) is 0 Å². The molecule has 0 saturated carbocycles. The summed E-state index contributed by atoms with van der Waals surface area (Å²) < 4.78 is 39.9. The minimum atomic E-state index is -3.82. The molecule has 1 saturated heterocycles. The number of ether oxygens (including phenoxy) is 2. The summed E-state index contributed by atoms with van der Waals surface area (Å²) >= 11 is 0. The van der Waals surface area contributed by atoms with Gasteiger partial charge in [-0.15, -0.1) is 0 Å². The minimum Gasteiger partial charge on any atom is -0.495 e. The monoisotopic (exact) mass is 459 g/mol. The van der Waals surface area contributed by atoms with Crippen molar-refractivity contribution in [3.8, 4) is 5.75 Å². The van der Waals surface area contributed by atoms with Crippen LogP contribution in [0.2, 0.25) is 0 Å². The average Bonchev–Trinajstić information content (AvgIpc) is 3.06. The number of rotatable bonds is 5. The van der Waals surface area contributed by atoms with E-state index in [4.69, 9.17) is 9.47 Å². The lowest BCUT2D eigenvalue weighted by Gasteiger charge is -2.26. The molecule has 10 nitrogen and oxygen atoms in total. The van der Waals surface area contributed by atoms with E-state index in [1.54, 1.807) is 30.8 Å². The standard InChI is InChI=1S/C21H25N5O5S/c1-13-11-16(19-14(2)24-25(3)20(19)22-13)21(27)23-15-5-6-17(30-4)18(12-15)32(28,29)26-7-9-31-10-8-26/h5-6,11-12H,7-10H2,1-4H3,(H,23,27). The largest absolute Gasteiger partial charge is 0.495 e. The van der Waals surface area contributed by atoms with Crippen LogP contribution in [0, 0.1) is 13.8 Å². The molecule has 0 atom stereocenters. The Labute approximate surface area is 186 Å². The van der Waals surface area contributed by atoms with Crippen LogP contribution >= 0.6 is 0 Å². The molecule has 1 N–H and O–H groups in total. The summed E-state index contributed by atoms with van der Waals surface area (Å²) in [5.74, 6) is -0.170. The molecule has 1 aromatic carbocycles. The van der Waals surface area contributed by atoms with Crippen LogP contribution in [0.3, 0.4) is 0 Å². The molecule has 1 fully saturated rings. The van der Waals surface area contributed by atoms with Gasteiger partial charge < -0.3 is 14.8 Å². The Morgan fingerprint density at radius 3 is 2.59 bits per heavy atom. The highest BCUT2D eigenvalue weighted by Crippen LogP contribution is 2.31. The molecule has 1 amide bonds. The van der Waals surface area contributed by atoms with Gasteiger partial charge in [-0.2, -0.15) is 9.40 Å². The molecule has 11 heteroatoms. The number of pyridine rings is 1. The summed E-state index contributed by atoms with van der Waals surface area (Å²) in [6.45, 7) is 4.81. The molecule has 0 unspecified atom stereocenters. The molecule has 1 aliphatic rings. The van der Waals surface area contributed by atoms with Gasteiger partial charge in [0.1, 0.15) is 10.6 Å². The molecular weight excluding hydrogens is 434 g/mol. The Hall–Kier alpha value is -3.02. The molecule has 2 aromatic heterocycles. The Bertz CT molecular complexity index is 1300.